The first kappa shape index (κ1) is 32.6. The molecular formula is C27H37F2N5O5S2. The molecule has 226 valence electrons. The Kier molecular flexibility index (Phi) is 11.4. The van der Waals surface area contributed by atoms with E-state index in [0.717, 1.165) is 47.0 Å². The van der Waals surface area contributed by atoms with Gasteiger partial charge in [-0.3, -0.25) is 9.69 Å². The van der Waals surface area contributed by atoms with Gasteiger partial charge in [0.2, 0.25) is 10.0 Å². The number of nitrogens with one attached hydrogen (secondary N) is 1. The summed E-state index contributed by atoms with van der Waals surface area (Å²) in [5.74, 6) is -2.36. The number of carbonyl (C=O) groups is 2. The zero-order chi connectivity index (χ0) is 30.3. The number of aromatic nitrogens is 1. The van der Waals surface area contributed by atoms with Crippen molar-refractivity contribution in [2.24, 2.45) is 11.7 Å². The smallest absolute Gasteiger partial charge is 0.371 e. The van der Waals surface area contributed by atoms with Crippen molar-refractivity contribution in [2.45, 2.75) is 45.6 Å². The van der Waals surface area contributed by atoms with E-state index < -0.39 is 28.3 Å². The van der Waals surface area contributed by atoms with Crippen molar-refractivity contribution in [3.63, 3.8) is 0 Å². The molecule has 4 rings (SSSR count). The second-order valence-corrected chi connectivity index (χ2v) is 13.0. The van der Waals surface area contributed by atoms with Crippen LogP contribution < -0.4 is 11.1 Å². The van der Waals surface area contributed by atoms with E-state index in [0.29, 0.717) is 37.2 Å². The predicted octanol–water partition coefficient (Wildman–Crippen LogP) is 3.96. The maximum Gasteiger partial charge on any atom is 0.371 e. The number of hydrogen-bond donors (Lipinski definition) is 3. The van der Waals surface area contributed by atoms with Crippen LogP contribution in [-0.2, 0) is 21.4 Å². The third kappa shape index (κ3) is 8.31. The topological polar surface area (TPSA) is 146 Å². The van der Waals surface area contributed by atoms with E-state index in [4.69, 9.17) is 20.6 Å². The van der Waals surface area contributed by atoms with Gasteiger partial charge in [0.15, 0.2) is 0 Å². The lowest BCUT2D eigenvalue weighted by Gasteiger charge is -2.32. The number of piperidine rings is 1. The molecule has 2 aliphatic rings. The highest BCUT2D eigenvalue weighted by Crippen LogP contribution is 2.39. The van der Waals surface area contributed by atoms with E-state index in [-0.39, 0.29) is 11.7 Å². The summed E-state index contributed by atoms with van der Waals surface area (Å²) in [5, 5.41) is 13.3. The fourth-order valence-corrected chi connectivity index (χ4v) is 6.98. The second-order valence-electron chi connectivity index (χ2n) is 9.93. The van der Waals surface area contributed by atoms with Crippen LogP contribution in [0.3, 0.4) is 0 Å². The van der Waals surface area contributed by atoms with Crippen molar-refractivity contribution in [1.82, 2.24) is 14.2 Å². The minimum atomic E-state index is -3.23. The number of halogens is 2. The molecule has 0 radical (unpaired) electrons. The number of hydrogen-bond acceptors (Lipinski definition) is 8. The summed E-state index contributed by atoms with van der Waals surface area (Å²) in [6, 6.07) is 3.84. The van der Waals surface area contributed by atoms with Gasteiger partial charge in [-0.25, -0.2) is 22.5 Å². The third-order valence-electron chi connectivity index (χ3n) is 7.27. The highest BCUT2D eigenvalue weighted by Gasteiger charge is 2.30. The molecule has 2 fully saturated rings. The minimum absolute atomic E-state index is 0.111. The van der Waals surface area contributed by atoms with Gasteiger partial charge >= 0.3 is 12.4 Å². The lowest BCUT2D eigenvalue weighted by molar-refractivity contribution is -0.149. The minimum Gasteiger partial charge on any atom is -0.477 e. The van der Waals surface area contributed by atoms with Gasteiger partial charge in [-0.05, 0) is 69.3 Å². The molecule has 2 aromatic rings. The molecule has 0 unspecified atom stereocenters. The van der Waals surface area contributed by atoms with Crippen molar-refractivity contribution >= 4 is 44.5 Å². The molecule has 0 bridgehead atoms. The fraction of sp³-hybridized carbons (Fsp3) is 0.519. The number of carboxylic acids is 1. The largest absolute Gasteiger partial charge is 0.477 e. The number of carboxylic acid groups (broad SMARTS) is 1. The Labute approximate surface area is 243 Å². The lowest BCUT2D eigenvalue weighted by atomic mass is 9.84. The molecule has 1 aromatic carbocycles. The molecule has 0 spiro atoms. The number of nitrogens with zero attached hydrogens (tertiary/aromatic N) is 3. The van der Waals surface area contributed by atoms with Gasteiger partial charge in [-0.15, -0.1) is 11.3 Å². The van der Waals surface area contributed by atoms with Crippen LogP contribution in [0.4, 0.5) is 14.5 Å². The monoisotopic (exact) mass is 613 g/mol. The third-order valence-corrected chi connectivity index (χ3v) is 10.1. The van der Waals surface area contributed by atoms with Crippen molar-refractivity contribution in [3.05, 3.63) is 40.9 Å². The Hall–Kier alpha value is -2.94. The van der Waals surface area contributed by atoms with Gasteiger partial charge in [0.05, 0.1) is 22.7 Å². The normalized spacial score (nSPS) is 16.8. The van der Waals surface area contributed by atoms with Crippen molar-refractivity contribution in [2.75, 3.05) is 44.3 Å². The number of alkyl halides is 2. The number of amides is 1. The number of rotatable bonds is 10. The van der Waals surface area contributed by atoms with E-state index in [1.54, 1.807) is 35.7 Å². The average Bonchev–Trinajstić information content (AvgIpc) is 3.65. The highest BCUT2D eigenvalue weighted by atomic mass is 32.2. The second kappa shape index (κ2) is 14.3. The zero-order valence-electron chi connectivity index (χ0n) is 23.2. The number of anilines is 1. The molecule has 2 aliphatic heterocycles. The van der Waals surface area contributed by atoms with Gasteiger partial charge < -0.3 is 16.2 Å². The fourth-order valence-electron chi connectivity index (χ4n) is 5.05. The average molecular weight is 614 g/mol. The molecule has 1 aromatic heterocycles. The van der Waals surface area contributed by atoms with Crippen LogP contribution in [0.5, 0.6) is 0 Å². The van der Waals surface area contributed by atoms with Gasteiger partial charge in [-0.2, -0.15) is 8.78 Å². The van der Waals surface area contributed by atoms with Gasteiger partial charge in [0, 0.05) is 43.2 Å². The number of carbonyl (C=O) groups excluding carboxylic acids is 1. The van der Waals surface area contributed by atoms with E-state index in [9.17, 15) is 22.0 Å². The molecular weight excluding hydrogens is 576 g/mol. The Balaban J connectivity index is 0.000000696. The van der Waals surface area contributed by atoms with Crippen LogP contribution in [0.25, 0.3) is 16.1 Å². The maximum absolute atomic E-state index is 12.4. The summed E-state index contributed by atoms with van der Waals surface area (Å²) in [4.78, 5) is 28.6. The number of primary amides is 1. The Morgan fingerprint density at radius 2 is 1.78 bits per heavy atom. The molecule has 0 saturated carbocycles. The molecule has 4 N–H and O–H groups in total. The van der Waals surface area contributed by atoms with Gasteiger partial charge in [0.25, 0.3) is 5.91 Å². The van der Waals surface area contributed by atoms with Crippen LogP contribution in [0.1, 0.15) is 54.2 Å². The van der Waals surface area contributed by atoms with Gasteiger partial charge in [0.1, 0.15) is 5.01 Å². The first-order chi connectivity index (χ1) is 19.4. The predicted molar refractivity (Wildman–Crippen MR) is 157 cm³/mol. The van der Waals surface area contributed by atoms with E-state index in [2.05, 4.69) is 22.2 Å². The summed E-state index contributed by atoms with van der Waals surface area (Å²) in [5.41, 5.74) is 10.4. The lowest BCUT2D eigenvalue weighted by Crippen LogP contribution is -2.39. The number of allylic oxidation sites excluding steroid dienone is 1. The van der Waals surface area contributed by atoms with Crippen molar-refractivity contribution in [3.8, 4) is 10.6 Å². The summed E-state index contributed by atoms with van der Waals surface area (Å²) < 4.78 is 47.2. The molecule has 14 heteroatoms. The number of likely N-dealkylation sites (tertiary alicyclic amines) is 1. The van der Waals surface area contributed by atoms with Crippen LogP contribution in [0.15, 0.2) is 24.1 Å². The first-order valence-electron chi connectivity index (χ1n) is 13.4. The number of benzene rings is 1. The van der Waals surface area contributed by atoms with Crippen LogP contribution >= 0.6 is 11.3 Å². The summed E-state index contributed by atoms with van der Waals surface area (Å²) in [6.07, 6.45) is 0.617. The molecule has 0 atom stereocenters. The molecule has 41 heavy (non-hydrogen) atoms. The van der Waals surface area contributed by atoms with Crippen molar-refractivity contribution in [1.29, 1.82) is 0 Å². The quantitative estimate of drug-likeness (QED) is 0.365. The Morgan fingerprint density at radius 1 is 1.20 bits per heavy atom. The van der Waals surface area contributed by atoms with Gasteiger partial charge in [-0.1, -0.05) is 6.58 Å². The molecule has 3 heterocycles. The van der Waals surface area contributed by atoms with E-state index in [1.807, 2.05) is 6.07 Å². The maximum atomic E-state index is 12.4. The standard InChI is InChI=1S/C25H35N5O3S2.C2H2F2O2/c1-4-35(32,33)30-11-7-18(8-12-30)17(2)21-13-19(14-22(24(26)31)23(21)27-3)25-28-20(16-34-25)15-29-9-5-6-10-29;3-1(4)2(5)6/h13-14,16,18,27H,2,4-12,15H2,1,3H3,(H2,26,31);1H,(H,5,6). The van der Waals surface area contributed by atoms with E-state index in [1.165, 1.54) is 12.8 Å². The first-order valence-corrected chi connectivity index (χ1v) is 15.9. The van der Waals surface area contributed by atoms with E-state index >= 15 is 0 Å². The number of sulfonamides is 1. The molecule has 2 saturated heterocycles. The number of thiazole rings is 1. The number of aliphatic carboxylic acids is 1. The molecule has 10 nitrogen and oxygen atoms in total. The zero-order valence-corrected chi connectivity index (χ0v) is 24.9. The Morgan fingerprint density at radius 3 is 2.29 bits per heavy atom. The molecule has 0 aliphatic carbocycles. The summed E-state index contributed by atoms with van der Waals surface area (Å²) in [6.45, 7) is 10.1. The van der Waals surface area contributed by atoms with Crippen LogP contribution in [0, 0.1) is 5.92 Å². The highest BCUT2D eigenvalue weighted by molar-refractivity contribution is 7.89. The van der Waals surface area contributed by atoms with Crippen LogP contribution in [-0.4, -0.2) is 85.0 Å². The van der Waals surface area contributed by atoms with Crippen molar-refractivity contribution < 1.29 is 31.9 Å². The SMILES string of the molecule is C=C(c1cc(-c2nc(CN3CCCC3)cs2)cc(C(N)=O)c1NC)C1CCN(S(=O)(=O)CC)CC1.O=C(O)C(F)F. The molecule has 1 amide bonds. The number of nitrogens with two attached hydrogens (primary N) is 1. The summed E-state index contributed by atoms with van der Waals surface area (Å²) in [7, 11) is -1.43. The Bertz CT molecular complexity index is 1350. The van der Waals surface area contributed by atoms with Crippen LogP contribution in [0.2, 0.25) is 0 Å². The summed E-state index contributed by atoms with van der Waals surface area (Å²) >= 11 is 1.57.